The van der Waals surface area contributed by atoms with E-state index in [0.29, 0.717) is 19.5 Å². The van der Waals surface area contributed by atoms with E-state index in [1.54, 1.807) is 11.8 Å². The van der Waals surface area contributed by atoms with E-state index in [-0.39, 0.29) is 17.9 Å². The van der Waals surface area contributed by atoms with Crippen LogP contribution in [0.2, 0.25) is 0 Å². The normalized spacial score (nSPS) is 11.7. The fourth-order valence-corrected chi connectivity index (χ4v) is 1.89. The molecule has 0 radical (unpaired) electrons. The van der Waals surface area contributed by atoms with Crippen molar-refractivity contribution in [1.29, 1.82) is 0 Å². The van der Waals surface area contributed by atoms with Crippen molar-refractivity contribution in [2.45, 2.75) is 26.1 Å². The molecule has 0 aromatic heterocycles. The molecular weight excluding hydrogens is 259 g/mol. The zero-order chi connectivity index (χ0) is 14.5. The number of hydrogen-bond donors (Lipinski definition) is 2. The second-order valence-electron chi connectivity index (χ2n) is 4.16. The minimum absolute atomic E-state index is 0.0629. The van der Waals surface area contributed by atoms with E-state index in [0.717, 1.165) is 6.07 Å². The van der Waals surface area contributed by atoms with Gasteiger partial charge in [0.1, 0.15) is 0 Å². The Balaban J connectivity index is 3.17. The van der Waals surface area contributed by atoms with Crippen LogP contribution in [0.25, 0.3) is 0 Å². The van der Waals surface area contributed by atoms with E-state index in [2.05, 4.69) is 0 Å². The number of nitrogens with zero attached hydrogens (tertiary/aromatic N) is 1. The summed E-state index contributed by atoms with van der Waals surface area (Å²) in [7, 11) is 0. The van der Waals surface area contributed by atoms with Gasteiger partial charge in [0.25, 0.3) is 0 Å². The third-order valence-corrected chi connectivity index (χ3v) is 2.86. The molecule has 0 aliphatic heterocycles. The highest BCUT2D eigenvalue weighted by Gasteiger charge is 2.34. The molecule has 0 unspecified atom stereocenters. The van der Waals surface area contributed by atoms with E-state index >= 15 is 0 Å². The Morgan fingerprint density at radius 1 is 1.21 bits per heavy atom. The molecular formula is C13H18F3NO2. The average Bonchev–Trinajstić information content (AvgIpc) is 2.38. The van der Waals surface area contributed by atoms with Gasteiger partial charge in [-0.2, -0.15) is 13.2 Å². The molecule has 6 heteroatoms. The lowest BCUT2D eigenvalue weighted by Gasteiger charge is -2.26. The quantitative estimate of drug-likeness (QED) is 0.839. The maximum atomic E-state index is 13.0. The van der Waals surface area contributed by atoms with E-state index in [1.807, 2.05) is 0 Å². The van der Waals surface area contributed by atoms with Gasteiger partial charge in [-0.1, -0.05) is 6.07 Å². The van der Waals surface area contributed by atoms with Crippen molar-refractivity contribution in [2.75, 3.05) is 24.6 Å². The summed E-state index contributed by atoms with van der Waals surface area (Å²) in [5.74, 6) is 0. The molecule has 19 heavy (non-hydrogen) atoms. The van der Waals surface area contributed by atoms with Crippen LogP contribution < -0.4 is 4.90 Å². The van der Waals surface area contributed by atoms with Gasteiger partial charge in [0, 0.05) is 25.4 Å². The predicted molar refractivity (Wildman–Crippen MR) is 67.0 cm³/mol. The summed E-state index contributed by atoms with van der Waals surface area (Å²) >= 11 is 0. The molecule has 0 atom stereocenters. The SMILES string of the molecule is CCN(CCCO)c1ccc(CO)cc1C(F)(F)F. The highest BCUT2D eigenvalue weighted by Crippen LogP contribution is 2.37. The number of halogens is 3. The van der Waals surface area contributed by atoms with Crippen LogP contribution in [0, 0.1) is 0 Å². The van der Waals surface area contributed by atoms with Gasteiger partial charge in [-0.05, 0) is 31.0 Å². The van der Waals surface area contributed by atoms with E-state index in [9.17, 15) is 13.2 Å². The number of aliphatic hydroxyl groups is 2. The smallest absolute Gasteiger partial charge is 0.396 e. The molecule has 0 fully saturated rings. The van der Waals surface area contributed by atoms with Crippen LogP contribution in [0.1, 0.15) is 24.5 Å². The molecule has 0 aliphatic rings. The Morgan fingerprint density at radius 3 is 2.37 bits per heavy atom. The molecule has 1 aromatic carbocycles. The first kappa shape index (κ1) is 15.8. The summed E-state index contributed by atoms with van der Waals surface area (Å²) < 4.78 is 39.1. The van der Waals surface area contributed by atoms with Crippen LogP contribution >= 0.6 is 0 Å². The Morgan fingerprint density at radius 2 is 1.89 bits per heavy atom. The molecule has 2 N–H and O–H groups in total. The number of benzene rings is 1. The molecule has 1 rings (SSSR count). The molecule has 0 bridgehead atoms. The van der Waals surface area contributed by atoms with Crippen molar-refractivity contribution in [3.05, 3.63) is 29.3 Å². The Labute approximate surface area is 110 Å². The van der Waals surface area contributed by atoms with Crippen molar-refractivity contribution in [3.63, 3.8) is 0 Å². The fraction of sp³-hybridized carbons (Fsp3) is 0.538. The summed E-state index contributed by atoms with van der Waals surface area (Å²) in [5.41, 5.74) is -0.436. The summed E-state index contributed by atoms with van der Waals surface area (Å²) in [6.45, 7) is 2.05. The lowest BCUT2D eigenvalue weighted by Crippen LogP contribution is -2.27. The molecule has 108 valence electrons. The third kappa shape index (κ3) is 4.11. The number of hydrogen-bond acceptors (Lipinski definition) is 3. The maximum absolute atomic E-state index is 13.0. The maximum Gasteiger partial charge on any atom is 0.418 e. The number of anilines is 1. The first-order chi connectivity index (χ1) is 8.93. The van der Waals surface area contributed by atoms with E-state index in [1.165, 1.54) is 12.1 Å². The van der Waals surface area contributed by atoms with E-state index in [4.69, 9.17) is 10.2 Å². The lowest BCUT2D eigenvalue weighted by molar-refractivity contribution is -0.137. The van der Waals surface area contributed by atoms with Crippen molar-refractivity contribution >= 4 is 5.69 Å². The van der Waals surface area contributed by atoms with Crippen LogP contribution in [0.15, 0.2) is 18.2 Å². The fourth-order valence-electron chi connectivity index (χ4n) is 1.89. The van der Waals surface area contributed by atoms with Gasteiger partial charge < -0.3 is 15.1 Å². The molecule has 1 aromatic rings. The predicted octanol–water partition coefficient (Wildman–Crippen LogP) is 2.41. The van der Waals surface area contributed by atoms with Gasteiger partial charge >= 0.3 is 6.18 Å². The molecule has 0 saturated heterocycles. The van der Waals surface area contributed by atoms with E-state index < -0.39 is 18.3 Å². The average molecular weight is 277 g/mol. The summed E-state index contributed by atoms with van der Waals surface area (Å²) in [6.07, 6.45) is -4.06. The second kappa shape index (κ2) is 6.77. The zero-order valence-electron chi connectivity index (χ0n) is 10.7. The van der Waals surface area contributed by atoms with Gasteiger partial charge in [0.05, 0.1) is 12.2 Å². The molecule has 0 aliphatic carbocycles. The van der Waals surface area contributed by atoms with Crippen molar-refractivity contribution in [1.82, 2.24) is 0 Å². The number of aliphatic hydroxyl groups excluding tert-OH is 2. The molecule has 0 heterocycles. The topological polar surface area (TPSA) is 43.7 Å². The Kier molecular flexibility index (Phi) is 5.62. The monoisotopic (exact) mass is 277 g/mol. The standard InChI is InChI=1S/C13H18F3NO2/c1-2-17(6-3-7-18)12-5-4-10(9-19)8-11(12)13(14,15)16/h4-5,8,18-19H,2-3,6-7,9H2,1H3. The zero-order valence-corrected chi connectivity index (χ0v) is 10.7. The van der Waals surface area contributed by atoms with Crippen LogP contribution in [-0.4, -0.2) is 29.9 Å². The van der Waals surface area contributed by atoms with Crippen LogP contribution in [-0.2, 0) is 12.8 Å². The Hall–Kier alpha value is -1.27. The van der Waals surface area contributed by atoms with Gasteiger partial charge in [0.2, 0.25) is 0 Å². The summed E-state index contributed by atoms with van der Waals surface area (Å²) in [6, 6.07) is 3.82. The number of alkyl halides is 3. The first-order valence-corrected chi connectivity index (χ1v) is 6.10. The number of rotatable bonds is 6. The molecule has 0 spiro atoms. The van der Waals surface area contributed by atoms with Crippen LogP contribution in [0.5, 0.6) is 0 Å². The lowest BCUT2D eigenvalue weighted by atomic mass is 10.1. The van der Waals surface area contributed by atoms with Gasteiger partial charge in [0.15, 0.2) is 0 Å². The second-order valence-corrected chi connectivity index (χ2v) is 4.16. The van der Waals surface area contributed by atoms with Gasteiger partial charge in [-0.25, -0.2) is 0 Å². The first-order valence-electron chi connectivity index (χ1n) is 6.10. The third-order valence-electron chi connectivity index (χ3n) is 2.86. The Bertz CT molecular complexity index is 407. The molecule has 0 amide bonds. The van der Waals surface area contributed by atoms with Gasteiger partial charge in [-0.3, -0.25) is 0 Å². The van der Waals surface area contributed by atoms with Crippen molar-refractivity contribution < 1.29 is 23.4 Å². The van der Waals surface area contributed by atoms with Crippen LogP contribution in [0.4, 0.5) is 18.9 Å². The van der Waals surface area contributed by atoms with Crippen LogP contribution in [0.3, 0.4) is 0 Å². The largest absolute Gasteiger partial charge is 0.418 e. The highest BCUT2D eigenvalue weighted by molar-refractivity contribution is 5.56. The van der Waals surface area contributed by atoms with Crippen molar-refractivity contribution in [2.24, 2.45) is 0 Å². The molecule has 0 saturated carbocycles. The minimum atomic E-state index is -4.47. The summed E-state index contributed by atoms with van der Waals surface area (Å²) in [4.78, 5) is 1.57. The summed E-state index contributed by atoms with van der Waals surface area (Å²) in [5, 5.41) is 17.7. The van der Waals surface area contributed by atoms with Gasteiger partial charge in [-0.15, -0.1) is 0 Å². The highest BCUT2D eigenvalue weighted by atomic mass is 19.4. The van der Waals surface area contributed by atoms with Crippen molar-refractivity contribution in [3.8, 4) is 0 Å². The minimum Gasteiger partial charge on any atom is -0.396 e. The molecule has 3 nitrogen and oxygen atoms in total.